The number of hydrogen-bond acceptors (Lipinski definition) is 3. The first kappa shape index (κ1) is 15.1. The van der Waals surface area contributed by atoms with E-state index in [0.717, 1.165) is 3.57 Å². The summed E-state index contributed by atoms with van der Waals surface area (Å²) in [6.45, 7) is 0.391. The van der Waals surface area contributed by atoms with Gasteiger partial charge in [-0.3, -0.25) is 4.79 Å². The van der Waals surface area contributed by atoms with Crippen molar-refractivity contribution in [3.63, 3.8) is 0 Å². The van der Waals surface area contributed by atoms with Gasteiger partial charge in [0.2, 0.25) is 0 Å². The molecule has 0 radical (unpaired) electrons. The van der Waals surface area contributed by atoms with Crippen LogP contribution in [-0.4, -0.2) is 32.4 Å². The fourth-order valence-electron chi connectivity index (χ4n) is 2.01. The average Bonchev–Trinajstić information content (AvgIpc) is 2.69. The van der Waals surface area contributed by atoms with Crippen LogP contribution in [0.3, 0.4) is 0 Å². The molecule has 0 aliphatic carbocycles. The number of rotatable bonds is 3. The Morgan fingerprint density at radius 3 is 2.79 bits per heavy atom. The lowest BCUT2D eigenvalue weighted by molar-refractivity contribution is 0.0948. The van der Waals surface area contributed by atoms with Crippen LogP contribution < -0.4 is 5.32 Å². The molecule has 1 aliphatic rings. The Morgan fingerprint density at radius 1 is 1.47 bits per heavy atom. The van der Waals surface area contributed by atoms with Gasteiger partial charge in [-0.15, -0.1) is 0 Å². The second kappa shape index (κ2) is 5.97. The minimum atomic E-state index is -2.89. The van der Waals surface area contributed by atoms with Crippen molar-refractivity contribution < 1.29 is 13.2 Å². The van der Waals surface area contributed by atoms with Crippen LogP contribution in [0.15, 0.2) is 18.2 Å². The average molecular weight is 414 g/mol. The fourth-order valence-corrected chi connectivity index (χ4v) is 4.39. The van der Waals surface area contributed by atoms with Gasteiger partial charge in [-0.05, 0) is 53.1 Å². The summed E-state index contributed by atoms with van der Waals surface area (Å²) < 4.78 is 23.5. The summed E-state index contributed by atoms with van der Waals surface area (Å²) in [5.41, 5.74) is 0.492. The van der Waals surface area contributed by atoms with E-state index in [4.69, 9.17) is 11.6 Å². The normalized spacial score (nSPS) is 21.3. The molecule has 1 saturated heterocycles. The van der Waals surface area contributed by atoms with Crippen molar-refractivity contribution >= 4 is 49.9 Å². The largest absolute Gasteiger partial charge is 0.352 e. The smallest absolute Gasteiger partial charge is 0.251 e. The van der Waals surface area contributed by atoms with Crippen molar-refractivity contribution in [3.05, 3.63) is 32.4 Å². The number of halogens is 2. The number of amides is 1. The van der Waals surface area contributed by atoms with Gasteiger partial charge in [-0.2, -0.15) is 0 Å². The first-order valence-corrected chi connectivity index (χ1v) is 9.09. The molecule has 1 amide bonds. The molecule has 7 heteroatoms. The molecule has 104 valence electrons. The second-order valence-electron chi connectivity index (χ2n) is 4.61. The molecule has 0 bridgehead atoms. The SMILES string of the molecule is O=C(NCC1CCS(=O)(=O)C1)c1ccc(I)c(Cl)c1. The Morgan fingerprint density at radius 2 is 2.21 bits per heavy atom. The topological polar surface area (TPSA) is 63.2 Å². The van der Waals surface area contributed by atoms with E-state index >= 15 is 0 Å². The summed E-state index contributed by atoms with van der Waals surface area (Å²) in [4.78, 5) is 11.9. The van der Waals surface area contributed by atoms with E-state index in [-0.39, 0.29) is 23.3 Å². The molecule has 19 heavy (non-hydrogen) atoms. The third-order valence-electron chi connectivity index (χ3n) is 3.06. The Balaban J connectivity index is 1.93. The zero-order valence-electron chi connectivity index (χ0n) is 10.0. The van der Waals surface area contributed by atoms with Crippen LogP contribution in [0.2, 0.25) is 5.02 Å². The molecule has 1 aromatic rings. The fraction of sp³-hybridized carbons (Fsp3) is 0.417. The first-order chi connectivity index (χ1) is 8.87. The number of nitrogens with one attached hydrogen (secondary N) is 1. The zero-order chi connectivity index (χ0) is 14.0. The van der Waals surface area contributed by atoms with Gasteiger partial charge in [0.05, 0.1) is 16.5 Å². The maximum Gasteiger partial charge on any atom is 0.251 e. The maximum absolute atomic E-state index is 11.9. The van der Waals surface area contributed by atoms with Gasteiger partial charge < -0.3 is 5.32 Å². The van der Waals surface area contributed by atoms with Crippen molar-refractivity contribution in [1.82, 2.24) is 5.32 Å². The Hall–Kier alpha value is -0.340. The van der Waals surface area contributed by atoms with Gasteiger partial charge in [0.15, 0.2) is 9.84 Å². The summed E-state index contributed by atoms with van der Waals surface area (Å²) in [5.74, 6) is 0.194. The second-order valence-corrected chi connectivity index (χ2v) is 8.41. The van der Waals surface area contributed by atoms with E-state index in [2.05, 4.69) is 27.9 Å². The number of hydrogen-bond donors (Lipinski definition) is 1. The van der Waals surface area contributed by atoms with Crippen LogP contribution in [0.1, 0.15) is 16.8 Å². The molecule has 2 rings (SSSR count). The minimum Gasteiger partial charge on any atom is -0.352 e. The summed E-state index contributed by atoms with van der Waals surface area (Å²) in [6.07, 6.45) is 0.621. The Bertz CT molecular complexity index is 603. The van der Waals surface area contributed by atoms with Crippen LogP contribution in [0, 0.1) is 9.49 Å². The summed E-state index contributed by atoms with van der Waals surface area (Å²) in [5, 5.41) is 3.30. The molecule has 1 fully saturated rings. The number of sulfone groups is 1. The summed E-state index contributed by atoms with van der Waals surface area (Å²) >= 11 is 8.05. The molecule has 1 aromatic carbocycles. The van der Waals surface area contributed by atoms with E-state index in [1.54, 1.807) is 18.2 Å². The van der Waals surface area contributed by atoms with Crippen molar-refractivity contribution in [1.29, 1.82) is 0 Å². The van der Waals surface area contributed by atoms with Crippen molar-refractivity contribution in [2.75, 3.05) is 18.1 Å². The lowest BCUT2D eigenvalue weighted by Crippen LogP contribution is -2.29. The lowest BCUT2D eigenvalue weighted by atomic mass is 10.1. The molecule has 1 heterocycles. The highest BCUT2D eigenvalue weighted by molar-refractivity contribution is 14.1. The van der Waals surface area contributed by atoms with Crippen LogP contribution in [0.4, 0.5) is 0 Å². The lowest BCUT2D eigenvalue weighted by Gasteiger charge is -2.10. The highest BCUT2D eigenvalue weighted by Crippen LogP contribution is 2.20. The summed E-state index contributed by atoms with van der Waals surface area (Å²) in [7, 11) is -2.89. The predicted molar refractivity (Wildman–Crippen MR) is 83.3 cm³/mol. The minimum absolute atomic E-state index is 0.0215. The molecule has 1 aliphatic heterocycles. The molecule has 0 saturated carbocycles. The van der Waals surface area contributed by atoms with Gasteiger partial charge in [-0.1, -0.05) is 11.6 Å². The molecule has 4 nitrogen and oxygen atoms in total. The van der Waals surface area contributed by atoms with Crippen molar-refractivity contribution in [2.24, 2.45) is 5.92 Å². The Labute approximate surface area is 131 Å². The van der Waals surface area contributed by atoms with E-state index in [0.29, 0.717) is 23.6 Å². The van der Waals surface area contributed by atoms with E-state index in [1.807, 2.05) is 0 Å². The highest BCUT2D eigenvalue weighted by Gasteiger charge is 2.27. The van der Waals surface area contributed by atoms with Crippen LogP contribution in [-0.2, 0) is 9.84 Å². The zero-order valence-corrected chi connectivity index (χ0v) is 13.8. The standard InChI is InChI=1S/C12H13ClINO3S/c13-10-5-9(1-2-11(10)14)12(16)15-6-8-3-4-19(17,18)7-8/h1-2,5,8H,3-4,6-7H2,(H,15,16). The molecule has 1 unspecified atom stereocenters. The van der Waals surface area contributed by atoms with E-state index in [9.17, 15) is 13.2 Å². The first-order valence-electron chi connectivity index (χ1n) is 5.81. The van der Waals surface area contributed by atoms with Crippen LogP contribution in [0.5, 0.6) is 0 Å². The molecule has 0 aromatic heterocycles. The Kier molecular flexibility index (Phi) is 4.73. The number of carbonyl (C=O) groups is 1. The third kappa shape index (κ3) is 4.06. The molecular formula is C12H13ClINO3S. The third-order valence-corrected chi connectivity index (χ3v) is 6.47. The maximum atomic E-state index is 11.9. The van der Waals surface area contributed by atoms with Crippen molar-refractivity contribution in [2.45, 2.75) is 6.42 Å². The molecule has 0 spiro atoms. The predicted octanol–water partition coefficient (Wildman–Crippen LogP) is 2.11. The van der Waals surface area contributed by atoms with E-state index < -0.39 is 9.84 Å². The van der Waals surface area contributed by atoms with Crippen LogP contribution >= 0.6 is 34.2 Å². The van der Waals surface area contributed by atoms with Crippen molar-refractivity contribution in [3.8, 4) is 0 Å². The summed E-state index contributed by atoms with van der Waals surface area (Å²) in [6, 6.07) is 5.09. The van der Waals surface area contributed by atoms with Gasteiger partial charge in [0.25, 0.3) is 5.91 Å². The number of benzene rings is 1. The molecule has 1 atom stereocenters. The number of carbonyl (C=O) groups excluding carboxylic acids is 1. The van der Waals surface area contributed by atoms with Gasteiger partial charge in [0, 0.05) is 15.7 Å². The van der Waals surface area contributed by atoms with Crippen LogP contribution in [0.25, 0.3) is 0 Å². The quantitative estimate of drug-likeness (QED) is 0.772. The van der Waals surface area contributed by atoms with Gasteiger partial charge in [0.1, 0.15) is 0 Å². The monoisotopic (exact) mass is 413 g/mol. The van der Waals surface area contributed by atoms with E-state index in [1.165, 1.54) is 0 Å². The van der Waals surface area contributed by atoms with Gasteiger partial charge in [-0.25, -0.2) is 8.42 Å². The van der Waals surface area contributed by atoms with Gasteiger partial charge >= 0.3 is 0 Å². The molecular weight excluding hydrogens is 401 g/mol. The molecule has 1 N–H and O–H groups in total. The highest BCUT2D eigenvalue weighted by atomic mass is 127.